The van der Waals surface area contributed by atoms with Crippen LogP contribution in [0.4, 0.5) is 4.39 Å². The average Bonchev–Trinajstić information content (AvgIpc) is 2.92. The lowest BCUT2D eigenvalue weighted by atomic mass is 9.97. The molecule has 1 amide bonds. The van der Waals surface area contributed by atoms with Crippen molar-refractivity contribution in [2.24, 2.45) is 0 Å². The first-order valence-corrected chi connectivity index (χ1v) is 9.28. The molecule has 3 rings (SSSR count). The molecule has 2 aliphatic rings. The van der Waals surface area contributed by atoms with Crippen molar-refractivity contribution >= 4 is 18.0 Å². The molecule has 4 nitrogen and oxygen atoms in total. The SMILES string of the molecule is COC(=O)C1=C(C)N(CCC2=CCCCC2)C(=O)C1=Cc1ccc(F)cc1. The maximum absolute atomic E-state index is 13.2. The molecular formula is C22H24FNO3. The van der Waals surface area contributed by atoms with Crippen molar-refractivity contribution in [2.75, 3.05) is 13.7 Å². The van der Waals surface area contributed by atoms with Crippen LogP contribution in [0, 0.1) is 5.82 Å². The van der Waals surface area contributed by atoms with Crippen LogP contribution in [0.2, 0.25) is 0 Å². The molecule has 27 heavy (non-hydrogen) atoms. The van der Waals surface area contributed by atoms with Gasteiger partial charge < -0.3 is 9.64 Å². The summed E-state index contributed by atoms with van der Waals surface area (Å²) in [7, 11) is 1.30. The van der Waals surface area contributed by atoms with Crippen LogP contribution >= 0.6 is 0 Å². The van der Waals surface area contributed by atoms with Crippen molar-refractivity contribution in [3.63, 3.8) is 0 Å². The van der Waals surface area contributed by atoms with Gasteiger partial charge in [0.15, 0.2) is 0 Å². The van der Waals surface area contributed by atoms with Crippen LogP contribution in [0.15, 0.2) is 52.8 Å². The van der Waals surface area contributed by atoms with Gasteiger partial charge in [0.1, 0.15) is 5.82 Å². The summed E-state index contributed by atoms with van der Waals surface area (Å²) in [6, 6.07) is 5.81. The lowest BCUT2D eigenvalue weighted by Crippen LogP contribution is -2.26. The fraction of sp³-hybridized carbons (Fsp3) is 0.364. The van der Waals surface area contributed by atoms with Gasteiger partial charge >= 0.3 is 5.97 Å². The normalized spacial score (nSPS) is 18.9. The lowest BCUT2D eigenvalue weighted by molar-refractivity contribution is -0.136. The molecule has 0 N–H and O–H groups in total. The van der Waals surface area contributed by atoms with E-state index in [-0.39, 0.29) is 17.3 Å². The molecule has 1 aliphatic heterocycles. The van der Waals surface area contributed by atoms with E-state index in [0.29, 0.717) is 23.4 Å². The number of esters is 1. The number of nitrogens with zero attached hydrogens (tertiary/aromatic N) is 1. The van der Waals surface area contributed by atoms with Crippen LogP contribution in [0.3, 0.4) is 0 Å². The number of carbonyl (C=O) groups is 2. The zero-order valence-electron chi connectivity index (χ0n) is 15.8. The molecule has 0 bridgehead atoms. The largest absolute Gasteiger partial charge is 0.465 e. The van der Waals surface area contributed by atoms with Crippen molar-refractivity contribution in [3.05, 3.63) is 64.1 Å². The zero-order valence-corrected chi connectivity index (χ0v) is 15.8. The van der Waals surface area contributed by atoms with Gasteiger partial charge in [-0.3, -0.25) is 4.79 Å². The summed E-state index contributed by atoms with van der Waals surface area (Å²) in [5, 5.41) is 0. The topological polar surface area (TPSA) is 46.6 Å². The number of ether oxygens (including phenoxy) is 1. The molecule has 142 valence electrons. The maximum Gasteiger partial charge on any atom is 0.340 e. The maximum atomic E-state index is 13.2. The smallest absolute Gasteiger partial charge is 0.340 e. The Hall–Kier alpha value is -2.69. The van der Waals surface area contributed by atoms with Gasteiger partial charge in [-0.25, -0.2) is 9.18 Å². The second-order valence-electron chi connectivity index (χ2n) is 6.88. The Balaban J connectivity index is 1.88. The van der Waals surface area contributed by atoms with E-state index in [1.165, 1.54) is 37.7 Å². The van der Waals surface area contributed by atoms with Gasteiger partial charge in [0, 0.05) is 12.2 Å². The minimum Gasteiger partial charge on any atom is -0.465 e. The molecule has 0 radical (unpaired) electrons. The molecule has 0 fully saturated rings. The van der Waals surface area contributed by atoms with Crippen molar-refractivity contribution < 1.29 is 18.7 Å². The van der Waals surface area contributed by atoms with Crippen LogP contribution in [0.25, 0.3) is 6.08 Å². The van der Waals surface area contributed by atoms with Gasteiger partial charge in [-0.15, -0.1) is 0 Å². The Morgan fingerprint density at radius 2 is 2.00 bits per heavy atom. The number of amides is 1. The number of rotatable bonds is 5. The van der Waals surface area contributed by atoms with Crippen LogP contribution < -0.4 is 0 Å². The predicted octanol–water partition coefficient (Wildman–Crippen LogP) is 4.39. The van der Waals surface area contributed by atoms with Gasteiger partial charge in [0.05, 0.1) is 18.3 Å². The quantitative estimate of drug-likeness (QED) is 0.439. The highest BCUT2D eigenvalue weighted by molar-refractivity contribution is 6.16. The van der Waals surface area contributed by atoms with Gasteiger partial charge in [-0.2, -0.15) is 0 Å². The highest BCUT2D eigenvalue weighted by Crippen LogP contribution is 2.32. The molecule has 0 aromatic heterocycles. The summed E-state index contributed by atoms with van der Waals surface area (Å²) in [5.74, 6) is -1.10. The number of methoxy groups -OCH3 is 1. The third-order valence-electron chi connectivity index (χ3n) is 5.12. The molecule has 0 unspecified atom stereocenters. The Morgan fingerprint density at radius 1 is 1.26 bits per heavy atom. The molecule has 1 aliphatic carbocycles. The molecule has 0 saturated heterocycles. The van der Waals surface area contributed by atoms with Gasteiger partial charge in [-0.1, -0.05) is 23.8 Å². The summed E-state index contributed by atoms with van der Waals surface area (Å²) < 4.78 is 18.0. The monoisotopic (exact) mass is 369 g/mol. The minimum atomic E-state index is -0.534. The molecule has 1 aromatic rings. The number of allylic oxidation sites excluding steroid dienone is 2. The first-order valence-electron chi connectivity index (χ1n) is 9.28. The third kappa shape index (κ3) is 4.18. The van der Waals surface area contributed by atoms with E-state index in [2.05, 4.69) is 6.08 Å². The number of carbonyl (C=O) groups excluding carboxylic acids is 2. The highest BCUT2D eigenvalue weighted by atomic mass is 19.1. The summed E-state index contributed by atoms with van der Waals surface area (Å²) in [5.41, 5.74) is 3.22. The molecule has 0 atom stereocenters. The summed E-state index contributed by atoms with van der Waals surface area (Å²) in [6.45, 7) is 2.31. The number of hydrogen-bond acceptors (Lipinski definition) is 3. The van der Waals surface area contributed by atoms with Crippen molar-refractivity contribution in [3.8, 4) is 0 Å². The number of benzene rings is 1. The fourth-order valence-corrected chi connectivity index (χ4v) is 3.61. The van der Waals surface area contributed by atoms with Crippen LogP contribution in [0.1, 0.15) is 44.6 Å². The van der Waals surface area contributed by atoms with E-state index in [0.717, 1.165) is 19.3 Å². The standard InChI is InChI=1S/C22H24FNO3/c1-15-20(22(26)27-2)19(14-17-8-10-18(23)11-9-17)21(25)24(15)13-12-16-6-4-3-5-7-16/h6,8-11,14H,3-5,7,12-13H2,1-2H3. The molecule has 5 heteroatoms. The fourth-order valence-electron chi connectivity index (χ4n) is 3.61. The second kappa shape index (κ2) is 8.33. The van der Waals surface area contributed by atoms with Crippen LogP contribution in [-0.4, -0.2) is 30.4 Å². The van der Waals surface area contributed by atoms with Gasteiger partial charge in [0.25, 0.3) is 5.91 Å². The van der Waals surface area contributed by atoms with Crippen molar-refractivity contribution in [1.29, 1.82) is 0 Å². The summed E-state index contributed by atoms with van der Waals surface area (Å²) in [4.78, 5) is 27.0. The molecule has 0 saturated carbocycles. The van der Waals surface area contributed by atoms with Gasteiger partial charge in [0.2, 0.25) is 0 Å². The first-order chi connectivity index (χ1) is 13.0. The highest BCUT2D eigenvalue weighted by Gasteiger charge is 2.36. The molecule has 1 aromatic carbocycles. The van der Waals surface area contributed by atoms with E-state index in [1.54, 1.807) is 30.0 Å². The second-order valence-corrected chi connectivity index (χ2v) is 6.88. The van der Waals surface area contributed by atoms with Crippen LogP contribution in [0.5, 0.6) is 0 Å². The molecular weight excluding hydrogens is 345 g/mol. The van der Waals surface area contributed by atoms with E-state index >= 15 is 0 Å². The van der Waals surface area contributed by atoms with E-state index < -0.39 is 5.97 Å². The van der Waals surface area contributed by atoms with E-state index in [1.807, 2.05) is 0 Å². The Bertz CT molecular complexity index is 834. The first kappa shape index (κ1) is 19.1. The zero-order chi connectivity index (χ0) is 19.4. The average molecular weight is 369 g/mol. The summed E-state index contributed by atoms with van der Waals surface area (Å²) in [6.07, 6.45) is 9.28. The van der Waals surface area contributed by atoms with E-state index in [9.17, 15) is 14.0 Å². The Labute approximate surface area is 159 Å². The molecule has 0 spiro atoms. The van der Waals surface area contributed by atoms with Crippen LogP contribution in [-0.2, 0) is 14.3 Å². The van der Waals surface area contributed by atoms with Crippen molar-refractivity contribution in [2.45, 2.75) is 39.0 Å². The predicted molar refractivity (Wildman–Crippen MR) is 102 cm³/mol. The van der Waals surface area contributed by atoms with Gasteiger partial charge in [-0.05, 0) is 62.8 Å². The Morgan fingerprint density at radius 3 is 2.63 bits per heavy atom. The Kier molecular flexibility index (Phi) is 5.89. The lowest BCUT2D eigenvalue weighted by Gasteiger charge is -2.20. The number of hydrogen-bond donors (Lipinski definition) is 0. The minimum absolute atomic E-state index is 0.214. The summed E-state index contributed by atoms with van der Waals surface area (Å²) >= 11 is 0. The molecule has 1 heterocycles. The third-order valence-corrected chi connectivity index (χ3v) is 5.12. The number of halogens is 1. The van der Waals surface area contributed by atoms with E-state index in [4.69, 9.17) is 4.74 Å². The van der Waals surface area contributed by atoms with Crippen molar-refractivity contribution in [1.82, 2.24) is 4.90 Å².